The molecule has 0 aliphatic rings. The van der Waals surface area contributed by atoms with Gasteiger partial charge in [-0.05, 0) is 24.3 Å². The third-order valence-corrected chi connectivity index (χ3v) is 8.45. The van der Waals surface area contributed by atoms with Gasteiger partial charge in [0.15, 0.2) is 0 Å². The van der Waals surface area contributed by atoms with Gasteiger partial charge in [-0.15, -0.1) is 0 Å². The van der Waals surface area contributed by atoms with E-state index in [0.29, 0.717) is 0 Å². The Morgan fingerprint density at radius 1 is 1.13 bits per heavy atom. The number of halogens is 1. The molecule has 0 aliphatic heterocycles. The van der Waals surface area contributed by atoms with Crippen molar-refractivity contribution in [3.63, 3.8) is 0 Å². The molecule has 1 rings (SSSR count). The molecule has 3 heteroatoms. The normalized spacial score (nSPS) is 11.7. The summed E-state index contributed by atoms with van der Waals surface area (Å²) in [6.07, 6.45) is 0.831. The van der Waals surface area contributed by atoms with Gasteiger partial charge >= 0.3 is 0 Å². The second-order valence-corrected chi connectivity index (χ2v) is 9.39. The van der Waals surface area contributed by atoms with E-state index >= 15 is 0 Å². The zero-order valence-corrected chi connectivity index (χ0v) is 10.6. The fourth-order valence-electron chi connectivity index (χ4n) is 1.90. The lowest BCUT2D eigenvalue weighted by Crippen LogP contribution is -2.44. The summed E-state index contributed by atoms with van der Waals surface area (Å²) in [6, 6.07) is 10.3. The first-order chi connectivity index (χ1) is 7.15. The largest absolute Gasteiger partial charge is 0.333 e. The van der Waals surface area contributed by atoms with Crippen molar-refractivity contribution in [2.75, 3.05) is 6.17 Å². The molecular weight excluding hydrogens is 205 g/mol. The van der Waals surface area contributed by atoms with Gasteiger partial charge in [-0.25, -0.2) is 4.39 Å². The van der Waals surface area contributed by atoms with E-state index in [4.69, 9.17) is 5.73 Å². The maximum Gasteiger partial charge on any atom is 0.123 e. The molecule has 0 bridgehead atoms. The zero-order valence-electron chi connectivity index (χ0n) is 9.59. The van der Waals surface area contributed by atoms with Gasteiger partial charge < -0.3 is 5.73 Å². The minimum atomic E-state index is -1.32. The van der Waals surface area contributed by atoms with Gasteiger partial charge in [-0.3, -0.25) is 0 Å². The standard InChI is InChI=1S/C12H20FNSi/c1-3-15(4-2,10-14)9-11-5-7-12(13)8-6-11/h5-8H,3-4,9-10,14H2,1-2H3. The summed E-state index contributed by atoms with van der Waals surface area (Å²) in [4.78, 5) is 0. The van der Waals surface area contributed by atoms with Crippen molar-refractivity contribution >= 4 is 8.07 Å². The third-order valence-electron chi connectivity index (χ3n) is 3.43. The highest BCUT2D eigenvalue weighted by Gasteiger charge is 2.27. The van der Waals surface area contributed by atoms with E-state index in [1.165, 1.54) is 29.8 Å². The Morgan fingerprint density at radius 2 is 1.67 bits per heavy atom. The van der Waals surface area contributed by atoms with Crippen LogP contribution in [0.15, 0.2) is 24.3 Å². The van der Waals surface area contributed by atoms with E-state index in [2.05, 4.69) is 13.8 Å². The Hall–Kier alpha value is -0.673. The fraction of sp³-hybridized carbons (Fsp3) is 0.500. The van der Waals surface area contributed by atoms with Crippen molar-refractivity contribution in [3.8, 4) is 0 Å². The second kappa shape index (κ2) is 5.42. The summed E-state index contributed by atoms with van der Waals surface area (Å²) in [6.45, 7) is 4.46. The van der Waals surface area contributed by atoms with Crippen LogP contribution < -0.4 is 5.73 Å². The molecule has 2 N–H and O–H groups in total. The molecule has 0 spiro atoms. The quantitative estimate of drug-likeness (QED) is 0.766. The fourth-order valence-corrected chi connectivity index (χ4v) is 4.72. The Bertz CT molecular complexity index is 285. The van der Waals surface area contributed by atoms with Crippen molar-refractivity contribution in [1.82, 2.24) is 0 Å². The highest BCUT2D eigenvalue weighted by molar-refractivity contribution is 6.79. The number of hydrogen-bond donors (Lipinski definition) is 1. The number of hydrogen-bond acceptors (Lipinski definition) is 1. The molecule has 0 amide bonds. The SMILES string of the molecule is CC[Si](CC)(CN)Cc1ccc(F)cc1. The maximum atomic E-state index is 12.8. The molecule has 1 aromatic carbocycles. The second-order valence-electron chi connectivity index (χ2n) is 4.21. The van der Waals surface area contributed by atoms with Crippen LogP contribution in [0.1, 0.15) is 19.4 Å². The van der Waals surface area contributed by atoms with Crippen LogP contribution in [-0.4, -0.2) is 14.2 Å². The lowest BCUT2D eigenvalue weighted by Gasteiger charge is -2.27. The molecule has 0 atom stereocenters. The molecule has 1 nitrogen and oxygen atoms in total. The van der Waals surface area contributed by atoms with Gasteiger partial charge in [0.1, 0.15) is 5.82 Å². The Labute approximate surface area is 92.5 Å². The Kier molecular flexibility index (Phi) is 4.48. The van der Waals surface area contributed by atoms with Crippen LogP contribution in [-0.2, 0) is 6.04 Å². The molecule has 0 unspecified atom stereocenters. The highest BCUT2D eigenvalue weighted by Crippen LogP contribution is 2.19. The average Bonchev–Trinajstić information content (AvgIpc) is 2.29. The van der Waals surface area contributed by atoms with E-state index in [1.54, 1.807) is 0 Å². The van der Waals surface area contributed by atoms with E-state index in [0.717, 1.165) is 12.2 Å². The van der Waals surface area contributed by atoms with Gasteiger partial charge in [-0.2, -0.15) is 0 Å². The van der Waals surface area contributed by atoms with Crippen molar-refractivity contribution in [2.45, 2.75) is 32.0 Å². The van der Waals surface area contributed by atoms with Crippen LogP contribution in [0.3, 0.4) is 0 Å². The van der Waals surface area contributed by atoms with Gasteiger partial charge in [0, 0.05) is 0 Å². The van der Waals surface area contributed by atoms with Crippen LogP contribution in [0.4, 0.5) is 4.39 Å². The molecule has 0 aliphatic carbocycles. The summed E-state index contributed by atoms with van der Waals surface area (Å²) in [7, 11) is -1.32. The molecule has 84 valence electrons. The van der Waals surface area contributed by atoms with Crippen LogP contribution in [0.2, 0.25) is 12.1 Å². The molecular formula is C12H20FNSi. The highest BCUT2D eigenvalue weighted by atomic mass is 28.3. The molecule has 0 saturated heterocycles. The lowest BCUT2D eigenvalue weighted by atomic mass is 10.2. The van der Waals surface area contributed by atoms with Crippen molar-refractivity contribution < 1.29 is 4.39 Å². The Balaban J connectivity index is 2.78. The van der Waals surface area contributed by atoms with Crippen molar-refractivity contribution in [2.24, 2.45) is 5.73 Å². The summed E-state index contributed by atoms with van der Waals surface area (Å²) < 4.78 is 12.8. The predicted octanol–water partition coefficient (Wildman–Crippen LogP) is 2.89. The smallest absolute Gasteiger partial charge is 0.123 e. The first-order valence-corrected chi connectivity index (χ1v) is 8.43. The first kappa shape index (κ1) is 12.4. The monoisotopic (exact) mass is 225 g/mol. The Morgan fingerprint density at radius 3 is 2.07 bits per heavy atom. The van der Waals surface area contributed by atoms with E-state index in [-0.39, 0.29) is 5.82 Å². The molecule has 0 aromatic heterocycles. The van der Waals surface area contributed by atoms with Gasteiger partial charge in [-0.1, -0.05) is 43.6 Å². The molecule has 0 saturated carbocycles. The average molecular weight is 225 g/mol. The van der Waals surface area contributed by atoms with Crippen LogP contribution in [0.25, 0.3) is 0 Å². The third kappa shape index (κ3) is 3.14. The van der Waals surface area contributed by atoms with E-state index in [1.807, 2.05) is 12.1 Å². The summed E-state index contributed by atoms with van der Waals surface area (Å²) >= 11 is 0. The minimum absolute atomic E-state index is 0.160. The molecule has 0 fully saturated rings. The van der Waals surface area contributed by atoms with E-state index in [9.17, 15) is 4.39 Å². The minimum Gasteiger partial charge on any atom is -0.333 e. The summed E-state index contributed by atoms with van der Waals surface area (Å²) in [5, 5.41) is 0. The van der Waals surface area contributed by atoms with Crippen molar-refractivity contribution in [3.05, 3.63) is 35.6 Å². The summed E-state index contributed by atoms with van der Waals surface area (Å²) in [5.74, 6) is -0.160. The number of rotatable bonds is 5. The molecule has 0 radical (unpaired) electrons. The van der Waals surface area contributed by atoms with Crippen LogP contribution in [0.5, 0.6) is 0 Å². The number of benzene rings is 1. The number of nitrogens with two attached hydrogens (primary N) is 1. The lowest BCUT2D eigenvalue weighted by molar-refractivity contribution is 0.627. The van der Waals surface area contributed by atoms with Gasteiger partial charge in [0.25, 0.3) is 0 Å². The maximum absolute atomic E-state index is 12.8. The first-order valence-electron chi connectivity index (χ1n) is 5.60. The predicted molar refractivity (Wildman–Crippen MR) is 65.9 cm³/mol. The van der Waals surface area contributed by atoms with E-state index < -0.39 is 8.07 Å². The molecule has 1 aromatic rings. The molecule has 15 heavy (non-hydrogen) atoms. The molecule has 0 heterocycles. The zero-order chi connectivity index (χ0) is 11.3. The van der Waals surface area contributed by atoms with Crippen LogP contribution >= 0.6 is 0 Å². The van der Waals surface area contributed by atoms with Gasteiger partial charge in [0.2, 0.25) is 0 Å². The van der Waals surface area contributed by atoms with Crippen molar-refractivity contribution in [1.29, 1.82) is 0 Å². The van der Waals surface area contributed by atoms with Gasteiger partial charge in [0.05, 0.1) is 8.07 Å². The topological polar surface area (TPSA) is 26.0 Å². The summed E-state index contributed by atoms with van der Waals surface area (Å²) in [5.41, 5.74) is 7.13. The van der Waals surface area contributed by atoms with Crippen LogP contribution in [0, 0.1) is 5.82 Å².